The molecule has 0 bridgehead atoms. The van der Waals surface area contributed by atoms with E-state index < -0.39 is 0 Å². The van der Waals surface area contributed by atoms with E-state index in [0.717, 1.165) is 12.3 Å². The summed E-state index contributed by atoms with van der Waals surface area (Å²) in [6.45, 7) is 4.74. The van der Waals surface area contributed by atoms with E-state index in [4.69, 9.17) is 0 Å². The van der Waals surface area contributed by atoms with Gasteiger partial charge in [-0.05, 0) is 59.6 Å². The second-order valence-corrected chi connectivity index (χ2v) is 6.93. The van der Waals surface area contributed by atoms with E-state index in [1.165, 1.54) is 60.3 Å². The first-order chi connectivity index (χ1) is 11.3. The highest BCUT2D eigenvalue weighted by atomic mass is 15.1. The molecule has 1 nitrogen and oxygen atoms in total. The third kappa shape index (κ3) is 2.93. The molecule has 0 atom stereocenters. The molecule has 2 aromatic rings. The van der Waals surface area contributed by atoms with Gasteiger partial charge in [0.2, 0.25) is 0 Å². The van der Waals surface area contributed by atoms with E-state index in [0.29, 0.717) is 0 Å². The first kappa shape index (κ1) is 14.6. The van der Waals surface area contributed by atoms with E-state index in [9.17, 15) is 0 Å². The van der Waals surface area contributed by atoms with Crippen LogP contribution < -0.4 is 4.90 Å². The van der Waals surface area contributed by atoms with Crippen LogP contribution in [-0.4, -0.2) is 13.1 Å². The van der Waals surface area contributed by atoms with Crippen LogP contribution in [0.25, 0.3) is 11.6 Å². The van der Waals surface area contributed by atoms with E-state index >= 15 is 0 Å². The van der Waals surface area contributed by atoms with Crippen LogP contribution in [0.1, 0.15) is 44.3 Å². The molecule has 0 radical (unpaired) electrons. The number of rotatable bonds is 3. The molecule has 0 N–H and O–H groups in total. The molecule has 1 aliphatic carbocycles. The van der Waals surface area contributed by atoms with Crippen molar-refractivity contribution in [3.63, 3.8) is 0 Å². The minimum atomic E-state index is 0. The summed E-state index contributed by atoms with van der Waals surface area (Å²) in [6, 6.07) is 17.9. The van der Waals surface area contributed by atoms with Gasteiger partial charge in [0, 0.05) is 20.2 Å². The van der Waals surface area contributed by atoms with Crippen LogP contribution >= 0.6 is 0 Å². The van der Waals surface area contributed by atoms with Gasteiger partial charge in [-0.15, -0.1) is 0 Å². The van der Waals surface area contributed by atoms with Gasteiger partial charge >= 0.3 is 0 Å². The van der Waals surface area contributed by atoms with Gasteiger partial charge in [0.05, 0.1) is 0 Å². The number of benzene rings is 2. The number of nitrogens with zero attached hydrogens (tertiary/aromatic N) is 1. The van der Waals surface area contributed by atoms with Gasteiger partial charge in [0.1, 0.15) is 0 Å². The Hall–Kier alpha value is -2.02. The third-order valence-corrected chi connectivity index (χ3v) is 5.54. The second kappa shape index (κ2) is 6.23. The topological polar surface area (TPSA) is 3.24 Å². The smallest absolute Gasteiger partial charge is 0.0372 e. The predicted molar refractivity (Wildman–Crippen MR) is 102 cm³/mol. The Balaban J connectivity index is 0.00000169. The summed E-state index contributed by atoms with van der Waals surface area (Å²) in [5, 5.41) is 0. The molecule has 2 aliphatic rings. The van der Waals surface area contributed by atoms with Crippen LogP contribution in [0.2, 0.25) is 0 Å². The van der Waals surface area contributed by atoms with Crippen LogP contribution in [0.4, 0.5) is 5.69 Å². The number of hydrogen-bond acceptors (Lipinski definition) is 1. The van der Waals surface area contributed by atoms with Gasteiger partial charge in [0.25, 0.3) is 0 Å². The van der Waals surface area contributed by atoms with Crippen molar-refractivity contribution in [1.82, 2.24) is 0 Å². The highest BCUT2D eigenvalue weighted by Gasteiger charge is 2.19. The largest absolute Gasteiger partial charge is 0.371 e. The SMILES string of the molecule is CCC1CCN(c2cccc(C3=Cc4ccccc4C3)c2)CC1.[HH]. The minimum absolute atomic E-state index is 0. The monoisotopic (exact) mass is 305 g/mol. The lowest BCUT2D eigenvalue weighted by Gasteiger charge is -2.33. The fourth-order valence-electron chi connectivity index (χ4n) is 3.97. The Bertz CT molecular complexity index is 726. The molecule has 2 aromatic carbocycles. The van der Waals surface area contributed by atoms with Crippen molar-refractivity contribution < 1.29 is 1.43 Å². The van der Waals surface area contributed by atoms with Crippen LogP contribution in [0.3, 0.4) is 0 Å². The van der Waals surface area contributed by atoms with Crippen molar-refractivity contribution in [2.24, 2.45) is 5.92 Å². The van der Waals surface area contributed by atoms with Crippen LogP contribution in [0.5, 0.6) is 0 Å². The number of piperidine rings is 1. The zero-order valence-electron chi connectivity index (χ0n) is 14.0. The maximum Gasteiger partial charge on any atom is 0.0372 e. The van der Waals surface area contributed by atoms with Crippen molar-refractivity contribution in [2.75, 3.05) is 18.0 Å². The quantitative estimate of drug-likeness (QED) is 0.707. The molecule has 0 aromatic heterocycles. The van der Waals surface area contributed by atoms with Gasteiger partial charge in [-0.1, -0.05) is 55.8 Å². The fourth-order valence-corrected chi connectivity index (χ4v) is 3.97. The standard InChI is InChI=1S/C22H25N.H2/c1-2-17-10-12-23(13-11-17)22-9-5-8-20(16-22)21-14-18-6-3-4-7-19(18)15-21;/h3-9,14,16-17H,2,10-13,15H2,1H3;1H. The molecule has 23 heavy (non-hydrogen) atoms. The van der Waals surface area contributed by atoms with Crippen molar-refractivity contribution in [1.29, 1.82) is 0 Å². The number of fused-ring (bicyclic) bond motifs is 1. The molecule has 1 fully saturated rings. The molecule has 1 aliphatic heterocycles. The minimum Gasteiger partial charge on any atom is -0.371 e. The highest BCUT2D eigenvalue weighted by molar-refractivity contribution is 5.89. The Morgan fingerprint density at radius 3 is 2.65 bits per heavy atom. The zero-order chi connectivity index (χ0) is 15.6. The van der Waals surface area contributed by atoms with E-state index in [1.54, 1.807) is 0 Å². The molecule has 0 amide bonds. The lowest BCUT2D eigenvalue weighted by Crippen LogP contribution is -2.33. The van der Waals surface area contributed by atoms with E-state index in [1.807, 2.05) is 0 Å². The molecule has 4 rings (SSSR count). The average Bonchev–Trinajstić information content (AvgIpc) is 3.06. The molecule has 0 saturated carbocycles. The maximum atomic E-state index is 2.57. The molecular formula is C22H27N. The summed E-state index contributed by atoms with van der Waals surface area (Å²) in [5.41, 5.74) is 7.08. The Labute approximate surface area is 141 Å². The number of hydrogen-bond donors (Lipinski definition) is 0. The summed E-state index contributed by atoms with van der Waals surface area (Å²) in [5.74, 6) is 0.932. The number of anilines is 1. The lowest BCUT2D eigenvalue weighted by molar-refractivity contribution is 0.395. The zero-order valence-corrected chi connectivity index (χ0v) is 14.0. The molecule has 0 spiro atoms. The summed E-state index contributed by atoms with van der Waals surface area (Å²) in [6.07, 6.45) is 7.44. The van der Waals surface area contributed by atoms with Gasteiger partial charge in [-0.3, -0.25) is 0 Å². The summed E-state index contributed by atoms with van der Waals surface area (Å²) >= 11 is 0. The van der Waals surface area contributed by atoms with Gasteiger partial charge in [0.15, 0.2) is 0 Å². The molecule has 1 saturated heterocycles. The van der Waals surface area contributed by atoms with Gasteiger partial charge in [-0.2, -0.15) is 0 Å². The number of allylic oxidation sites excluding steroid dienone is 1. The Morgan fingerprint density at radius 2 is 1.87 bits per heavy atom. The van der Waals surface area contributed by atoms with Gasteiger partial charge in [-0.25, -0.2) is 0 Å². The van der Waals surface area contributed by atoms with Crippen LogP contribution in [0.15, 0.2) is 48.5 Å². The highest BCUT2D eigenvalue weighted by Crippen LogP contribution is 2.33. The van der Waals surface area contributed by atoms with Gasteiger partial charge < -0.3 is 4.90 Å². The Kier molecular flexibility index (Phi) is 3.95. The molecule has 120 valence electrons. The van der Waals surface area contributed by atoms with Crippen molar-refractivity contribution in [2.45, 2.75) is 32.6 Å². The van der Waals surface area contributed by atoms with Crippen molar-refractivity contribution in [3.8, 4) is 0 Å². The molecule has 1 heterocycles. The average molecular weight is 305 g/mol. The Morgan fingerprint density at radius 1 is 1.04 bits per heavy atom. The third-order valence-electron chi connectivity index (χ3n) is 5.54. The molecular weight excluding hydrogens is 278 g/mol. The summed E-state index contributed by atoms with van der Waals surface area (Å²) in [7, 11) is 0. The van der Waals surface area contributed by atoms with Crippen LogP contribution in [-0.2, 0) is 6.42 Å². The molecule has 1 heteroatoms. The summed E-state index contributed by atoms with van der Waals surface area (Å²) in [4.78, 5) is 2.57. The first-order valence-electron chi connectivity index (χ1n) is 8.97. The van der Waals surface area contributed by atoms with Crippen LogP contribution in [0, 0.1) is 5.92 Å². The maximum absolute atomic E-state index is 2.57. The predicted octanol–water partition coefficient (Wildman–Crippen LogP) is 5.66. The van der Waals surface area contributed by atoms with E-state index in [-0.39, 0.29) is 1.43 Å². The van der Waals surface area contributed by atoms with Crippen molar-refractivity contribution in [3.05, 3.63) is 65.2 Å². The molecule has 0 unspecified atom stereocenters. The lowest BCUT2D eigenvalue weighted by atomic mass is 9.94. The first-order valence-corrected chi connectivity index (χ1v) is 8.97. The summed E-state index contributed by atoms with van der Waals surface area (Å²) < 4.78 is 0. The second-order valence-electron chi connectivity index (χ2n) is 6.93. The fraction of sp³-hybridized carbons (Fsp3) is 0.364. The van der Waals surface area contributed by atoms with Crippen molar-refractivity contribution >= 4 is 17.3 Å². The van der Waals surface area contributed by atoms with E-state index in [2.05, 4.69) is 66.4 Å². The normalized spacial score (nSPS) is 18.0.